The monoisotopic (exact) mass is 356 g/mol. The van der Waals surface area contributed by atoms with Crippen molar-refractivity contribution < 1.29 is 14.2 Å². The molecule has 1 unspecified atom stereocenters. The molecular formula is C15H18BrFN2O2. The molecular weight excluding hydrogens is 339 g/mol. The highest BCUT2D eigenvalue weighted by Crippen LogP contribution is 2.25. The molecule has 114 valence electrons. The lowest BCUT2D eigenvalue weighted by Gasteiger charge is -2.11. The van der Waals surface area contributed by atoms with E-state index in [2.05, 4.69) is 21.0 Å². The van der Waals surface area contributed by atoms with Gasteiger partial charge in [0.1, 0.15) is 18.2 Å². The molecule has 0 spiro atoms. The van der Waals surface area contributed by atoms with Crippen LogP contribution in [0.4, 0.5) is 4.39 Å². The van der Waals surface area contributed by atoms with E-state index in [-0.39, 0.29) is 5.56 Å². The number of halogens is 2. The van der Waals surface area contributed by atoms with E-state index >= 15 is 0 Å². The summed E-state index contributed by atoms with van der Waals surface area (Å²) in [5.41, 5.74) is 2.07. The Bertz CT molecular complexity index is 641. The molecule has 4 nitrogen and oxygen atoms in total. The summed E-state index contributed by atoms with van der Waals surface area (Å²) in [6.45, 7) is 6.47. The van der Waals surface area contributed by atoms with E-state index in [4.69, 9.17) is 4.74 Å². The summed E-state index contributed by atoms with van der Waals surface area (Å²) in [5, 5.41) is 13.8. The van der Waals surface area contributed by atoms with Gasteiger partial charge in [-0.05, 0) is 48.8 Å². The summed E-state index contributed by atoms with van der Waals surface area (Å²) in [4.78, 5) is 0. The van der Waals surface area contributed by atoms with E-state index in [0.717, 1.165) is 22.4 Å². The molecule has 2 aromatic rings. The van der Waals surface area contributed by atoms with Crippen LogP contribution in [0.5, 0.6) is 5.75 Å². The van der Waals surface area contributed by atoms with Gasteiger partial charge in [-0.2, -0.15) is 5.10 Å². The maximum atomic E-state index is 13.8. The standard InChI is InChI=1S/C15H18BrFN2O2/c1-4-19-14(15(16)9(2)18-19)8-21-11-5-6-12(10(3)20)13(17)7-11/h5-7,10,20H,4,8H2,1-3H3. The van der Waals surface area contributed by atoms with Gasteiger partial charge < -0.3 is 9.84 Å². The highest BCUT2D eigenvalue weighted by molar-refractivity contribution is 9.10. The molecule has 0 aliphatic rings. The van der Waals surface area contributed by atoms with Crippen LogP contribution in [0.2, 0.25) is 0 Å². The number of aryl methyl sites for hydroxylation is 2. The Morgan fingerprint density at radius 3 is 2.76 bits per heavy atom. The van der Waals surface area contributed by atoms with Crippen molar-refractivity contribution in [2.45, 2.75) is 40.0 Å². The van der Waals surface area contributed by atoms with E-state index in [1.165, 1.54) is 19.1 Å². The molecule has 0 fully saturated rings. The van der Waals surface area contributed by atoms with Gasteiger partial charge in [0.2, 0.25) is 0 Å². The van der Waals surface area contributed by atoms with Gasteiger partial charge in [0.15, 0.2) is 0 Å². The molecule has 2 rings (SSSR count). The highest BCUT2D eigenvalue weighted by atomic mass is 79.9. The van der Waals surface area contributed by atoms with E-state index in [0.29, 0.717) is 12.4 Å². The summed E-state index contributed by atoms with van der Waals surface area (Å²) < 4.78 is 22.2. The SMILES string of the molecule is CCn1nc(C)c(Br)c1COc1ccc(C(C)O)c(F)c1. The fraction of sp³-hybridized carbons (Fsp3) is 0.400. The van der Waals surface area contributed by atoms with Crippen molar-refractivity contribution in [1.82, 2.24) is 9.78 Å². The number of aromatic nitrogens is 2. The van der Waals surface area contributed by atoms with Crippen LogP contribution < -0.4 is 4.74 Å². The van der Waals surface area contributed by atoms with Gasteiger partial charge in [-0.15, -0.1) is 0 Å². The second-order valence-corrected chi connectivity index (χ2v) is 5.60. The summed E-state index contributed by atoms with van der Waals surface area (Å²) >= 11 is 3.49. The van der Waals surface area contributed by atoms with Crippen LogP contribution in [-0.2, 0) is 13.2 Å². The molecule has 0 amide bonds. The number of ether oxygens (including phenoxy) is 1. The van der Waals surface area contributed by atoms with Crippen LogP contribution in [0.25, 0.3) is 0 Å². The number of rotatable bonds is 5. The molecule has 1 N–H and O–H groups in total. The normalized spacial score (nSPS) is 12.5. The van der Waals surface area contributed by atoms with Gasteiger partial charge in [0.25, 0.3) is 0 Å². The Kier molecular flexibility index (Phi) is 5.00. The average Bonchev–Trinajstić information content (AvgIpc) is 2.71. The first-order valence-corrected chi connectivity index (χ1v) is 7.55. The van der Waals surface area contributed by atoms with Crippen molar-refractivity contribution in [2.75, 3.05) is 0 Å². The topological polar surface area (TPSA) is 47.3 Å². The van der Waals surface area contributed by atoms with Crippen molar-refractivity contribution >= 4 is 15.9 Å². The summed E-state index contributed by atoms with van der Waals surface area (Å²) in [7, 11) is 0. The van der Waals surface area contributed by atoms with E-state index in [9.17, 15) is 9.50 Å². The number of benzene rings is 1. The predicted molar refractivity (Wildman–Crippen MR) is 81.7 cm³/mol. The first kappa shape index (κ1) is 16.0. The lowest BCUT2D eigenvalue weighted by atomic mass is 10.1. The maximum absolute atomic E-state index is 13.8. The molecule has 0 saturated carbocycles. The Labute approximate surface area is 131 Å². The minimum Gasteiger partial charge on any atom is -0.487 e. The second kappa shape index (κ2) is 6.58. The van der Waals surface area contributed by atoms with Crippen molar-refractivity contribution in [3.05, 3.63) is 45.4 Å². The lowest BCUT2D eigenvalue weighted by Crippen LogP contribution is -2.07. The van der Waals surface area contributed by atoms with Gasteiger partial charge in [0, 0.05) is 18.2 Å². The van der Waals surface area contributed by atoms with Gasteiger partial charge in [0.05, 0.1) is 22.0 Å². The van der Waals surface area contributed by atoms with Crippen LogP contribution >= 0.6 is 15.9 Å². The van der Waals surface area contributed by atoms with Gasteiger partial charge in [-0.25, -0.2) is 4.39 Å². The molecule has 0 aliphatic heterocycles. The third-order valence-electron chi connectivity index (χ3n) is 3.25. The number of hydrogen-bond acceptors (Lipinski definition) is 3. The average molecular weight is 357 g/mol. The van der Waals surface area contributed by atoms with Crippen LogP contribution in [0.1, 0.15) is 36.9 Å². The third kappa shape index (κ3) is 3.44. The van der Waals surface area contributed by atoms with Crippen molar-refractivity contribution in [2.24, 2.45) is 0 Å². The van der Waals surface area contributed by atoms with Crippen molar-refractivity contribution in [3.8, 4) is 5.75 Å². The van der Waals surface area contributed by atoms with Crippen LogP contribution in [0, 0.1) is 12.7 Å². The zero-order chi connectivity index (χ0) is 15.6. The molecule has 1 aromatic heterocycles. The molecule has 21 heavy (non-hydrogen) atoms. The Hall–Kier alpha value is -1.40. The Balaban J connectivity index is 2.15. The number of hydrogen-bond donors (Lipinski definition) is 1. The Morgan fingerprint density at radius 2 is 2.19 bits per heavy atom. The molecule has 0 aliphatic carbocycles. The van der Waals surface area contributed by atoms with Gasteiger partial charge in [-0.3, -0.25) is 4.68 Å². The highest BCUT2D eigenvalue weighted by Gasteiger charge is 2.14. The summed E-state index contributed by atoms with van der Waals surface area (Å²) in [5.74, 6) is -0.0490. The molecule has 6 heteroatoms. The van der Waals surface area contributed by atoms with Crippen LogP contribution in [0.15, 0.2) is 22.7 Å². The number of aliphatic hydroxyl groups excluding tert-OH is 1. The van der Waals surface area contributed by atoms with Gasteiger partial charge in [-0.1, -0.05) is 0 Å². The van der Waals surface area contributed by atoms with E-state index in [1.54, 1.807) is 6.07 Å². The van der Waals surface area contributed by atoms with E-state index < -0.39 is 11.9 Å². The van der Waals surface area contributed by atoms with Gasteiger partial charge >= 0.3 is 0 Å². The van der Waals surface area contributed by atoms with Crippen LogP contribution in [-0.4, -0.2) is 14.9 Å². The Morgan fingerprint density at radius 1 is 1.48 bits per heavy atom. The third-order valence-corrected chi connectivity index (χ3v) is 4.28. The van der Waals surface area contributed by atoms with Crippen molar-refractivity contribution in [3.63, 3.8) is 0 Å². The predicted octanol–water partition coefficient (Wildman–Crippen LogP) is 3.75. The molecule has 0 radical (unpaired) electrons. The first-order chi connectivity index (χ1) is 9.93. The zero-order valence-electron chi connectivity index (χ0n) is 12.2. The minimum atomic E-state index is -0.836. The summed E-state index contributed by atoms with van der Waals surface area (Å²) in [6.07, 6.45) is -0.836. The minimum absolute atomic E-state index is 0.262. The van der Waals surface area contributed by atoms with Crippen molar-refractivity contribution in [1.29, 1.82) is 0 Å². The number of nitrogens with zero attached hydrogens (tertiary/aromatic N) is 2. The quantitative estimate of drug-likeness (QED) is 0.887. The summed E-state index contributed by atoms with van der Waals surface area (Å²) in [6, 6.07) is 4.47. The smallest absolute Gasteiger partial charge is 0.132 e. The second-order valence-electron chi connectivity index (χ2n) is 4.81. The fourth-order valence-corrected chi connectivity index (χ4v) is 2.49. The lowest BCUT2D eigenvalue weighted by molar-refractivity contribution is 0.193. The largest absolute Gasteiger partial charge is 0.487 e. The maximum Gasteiger partial charge on any atom is 0.132 e. The zero-order valence-corrected chi connectivity index (χ0v) is 13.8. The molecule has 0 bridgehead atoms. The van der Waals surface area contributed by atoms with Crippen LogP contribution in [0.3, 0.4) is 0 Å². The molecule has 0 saturated heterocycles. The fourth-order valence-electron chi connectivity index (χ4n) is 2.10. The number of aliphatic hydroxyl groups is 1. The first-order valence-electron chi connectivity index (χ1n) is 6.76. The van der Waals surface area contributed by atoms with E-state index in [1.807, 2.05) is 18.5 Å². The molecule has 1 aromatic carbocycles. The molecule has 1 heterocycles. The molecule has 1 atom stereocenters.